The van der Waals surface area contributed by atoms with Gasteiger partial charge in [0.05, 0.1) is 88.9 Å². The molecule has 2 atom stereocenters. The van der Waals surface area contributed by atoms with Crippen LogP contribution in [0.5, 0.6) is 0 Å². The summed E-state index contributed by atoms with van der Waals surface area (Å²) < 4.78 is 15.2. The summed E-state index contributed by atoms with van der Waals surface area (Å²) in [7, 11) is 0. The summed E-state index contributed by atoms with van der Waals surface area (Å²) >= 11 is 0. The molecule has 6 heteroatoms. The molecule has 0 saturated heterocycles. The summed E-state index contributed by atoms with van der Waals surface area (Å²) in [6.07, 6.45) is 1.88. The maximum atomic E-state index is 2.61. The van der Waals surface area contributed by atoms with Gasteiger partial charge in [-0.05, 0) is 247 Å². The van der Waals surface area contributed by atoms with E-state index in [9.17, 15) is 0 Å². The lowest BCUT2D eigenvalue weighted by Crippen LogP contribution is -2.23. The molecule has 27 rings (SSSR count). The predicted molar refractivity (Wildman–Crippen MR) is 555 cm³/mol. The normalized spacial score (nSPS) is 15.9. The van der Waals surface area contributed by atoms with Crippen molar-refractivity contribution in [2.45, 2.75) is 76.0 Å². The van der Waals surface area contributed by atoms with Crippen molar-refractivity contribution in [2.24, 2.45) is 0 Å². The quantitative estimate of drug-likeness (QED) is 0.117. The molecule has 6 heterocycles. The second-order valence-corrected chi connectivity index (χ2v) is 39.0. The maximum Gasteiger partial charge on any atom is 0.0706 e. The molecule has 2 aliphatic rings. The number of nitrogens with zero attached hydrogens (tertiary/aromatic N) is 6. The first kappa shape index (κ1) is 76.1. The zero-order chi connectivity index (χ0) is 87.8. The number of fused-ring (bicyclic) bond motifs is 20. The average molecular weight is 1690 g/mol. The molecule has 0 aliphatic heterocycles. The Hall–Kier alpha value is -16.0. The van der Waals surface area contributed by atoms with Gasteiger partial charge in [-0.2, -0.15) is 0 Å². The van der Waals surface area contributed by atoms with Crippen molar-refractivity contribution >= 4 is 131 Å². The minimum atomic E-state index is -0.358. The van der Waals surface area contributed by atoms with Crippen molar-refractivity contribution in [3.05, 3.63) is 458 Å². The number of hydrogen-bond acceptors (Lipinski definition) is 0. The molecule has 0 N–H and O–H groups in total. The predicted octanol–water partition coefficient (Wildman–Crippen LogP) is 32.9. The summed E-state index contributed by atoms with van der Waals surface area (Å²) in [5.41, 5.74) is 37.7. The van der Waals surface area contributed by atoms with E-state index >= 15 is 0 Å². The van der Waals surface area contributed by atoms with E-state index in [1.807, 2.05) is 0 Å². The molecule has 6 nitrogen and oxygen atoms in total. The van der Waals surface area contributed by atoms with E-state index in [1.165, 1.54) is 204 Å². The minimum Gasteiger partial charge on any atom is -0.309 e. The average Bonchev–Trinajstić information content (AvgIpc) is 1.54. The van der Waals surface area contributed by atoms with E-state index in [0.717, 1.165) is 52.2 Å². The molecule has 626 valence electrons. The molecular formula is C126H92N6. The Labute approximate surface area is 765 Å². The number of para-hydroxylation sites is 8. The van der Waals surface area contributed by atoms with Crippen LogP contribution in [0.15, 0.2) is 425 Å². The maximum absolute atomic E-state index is 2.61. The number of aromatic nitrogens is 6. The van der Waals surface area contributed by atoms with Gasteiger partial charge in [0, 0.05) is 86.8 Å². The monoisotopic (exact) mass is 1690 g/mol. The molecule has 0 saturated carbocycles. The molecule has 0 radical (unpaired) electrons. The molecule has 0 spiro atoms. The minimum absolute atomic E-state index is 0.157. The standard InChI is InChI=1S/C126H92N6/c1-123(2)77-126(6,104-75-120(130-109-49-24-15-39-93(109)94-40-16-25-50-110(94)130)118(73-102(104)123)129-107-47-22-13-37-91(107)92-38-14-23-48-108(92)129)87-60-64-89(65-61-87)128-113-53-28-20-44-98(113)122-90(45-30-54-117(122)128)85-36-29-35-81(69-85)84-57-68-116-101(72-84)97-43-19-26-51-111(97)131(116)119-74-103-105(76-121(119)132-112-52-27-18-42-96(112)100-71-83(56-67-115(100)132)80-33-11-8-12-34-80)125(5,78-124(103,3)4)86-58-62-88(63-59-86)127-106-46-21-17-41-95(106)99-70-82(55-66-114(99)127)79-31-9-7-10-32-79/h7-76H,77-78H2,1-6H3. The van der Waals surface area contributed by atoms with Crippen LogP contribution in [0.25, 0.3) is 209 Å². The fourth-order valence-corrected chi connectivity index (χ4v) is 24.8. The van der Waals surface area contributed by atoms with Crippen LogP contribution in [0.1, 0.15) is 87.8 Å². The molecule has 0 amide bonds. The molecular weight excluding hydrogens is 1600 g/mol. The summed E-state index contributed by atoms with van der Waals surface area (Å²) in [5.74, 6) is 0. The topological polar surface area (TPSA) is 29.6 Å². The lowest BCUT2D eigenvalue weighted by molar-refractivity contribution is 0.424. The second kappa shape index (κ2) is 28.2. The zero-order valence-corrected chi connectivity index (χ0v) is 74.5. The third-order valence-electron chi connectivity index (χ3n) is 30.6. The number of rotatable bonds is 12. The van der Waals surface area contributed by atoms with Gasteiger partial charge in [0.25, 0.3) is 0 Å². The van der Waals surface area contributed by atoms with Crippen LogP contribution in [-0.2, 0) is 21.7 Å². The molecule has 6 aromatic heterocycles. The summed E-state index contributed by atoms with van der Waals surface area (Å²) in [6.45, 7) is 14.9. The van der Waals surface area contributed by atoms with E-state index in [1.54, 1.807) is 0 Å². The molecule has 2 aliphatic carbocycles. The highest BCUT2D eigenvalue weighted by Gasteiger charge is 2.49. The Morgan fingerprint density at radius 3 is 0.811 bits per heavy atom. The van der Waals surface area contributed by atoms with Crippen LogP contribution < -0.4 is 0 Å². The van der Waals surface area contributed by atoms with Crippen LogP contribution >= 0.6 is 0 Å². The van der Waals surface area contributed by atoms with Crippen LogP contribution in [-0.4, -0.2) is 27.4 Å². The van der Waals surface area contributed by atoms with Gasteiger partial charge in [-0.25, -0.2) is 0 Å². The van der Waals surface area contributed by atoms with E-state index in [4.69, 9.17) is 0 Å². The smallest absolute Gasteiger partial charge is 0.0706 e. The molecule has 0 fully saturated rings. The third-order valence-corrected chi connectivity index (χ3v) is 30.6. The fraction of sp³-hybridized carbons (Fsp3) is 0.0952. The van der Waals surface area contributed by atoms with Crippen molar-refractivity contribution in [3.63, 3.8) is 0 Å². The molecule has 0 bridgehead atoms. The van der Waals surface area contributed by atoms with Crippen LogP contribution in [0, 0.1) is 0 Å². The first-order valence-electron chi connectivity index (χ1n) is 46.6. The molecule has 132 heavy (non-hydrogen) atoms. The SMILES string of the molecule is CC1(C)CC(C)(c2ccc(-n3c4ccccc4c4c(-c5cccc(-c6ccc7c(c6)c6ccccc6n7-c6cc7c(cc6-n6c8ccccc8c8cc(-c9ccccc9)ccc86)C(C)(c6ccc(-n8c9ccccc9c9cc(-c%10ccccc%10)ccc98)cc6)CC7(C)C)c5)cccc43)cc2)c2cc(-n3c4ccccc4c4ccccc43)c(-n3c4ccccc4c4ccccc43)cc21. The lowest BCUT2D eigenvalue weighted by atomic mass is 9.75. The van der Waals surface area contributed by atoms with E-state index in [-0.39, 0.29) is 21.7 Å². The second-order valence-electron chi connectivity index (χ2n) is 39.0. The number of hydrogen-bond donors (Lipinski definition) is 0. The van der Waals surface area contributed by atoms with Crippen LogP contribution in [0.2, 0.25) is 0 Å². The Bertz CT molecular complexity index is 9060. The van der Waals surface area contributed by atoms with E-state index < -0.39 is 0 Å². The van der Waals surface area contributed by atoms with Crippen molar-refractivity contribution in [1.29, 1.82) is 0 Å². The van der Waals surface area contributed by atoms with Gasteiger partial charge in [0.15, 0.2) is 0 Å². The Morgan fingerprint density at radius 2 is 0.432 bits per heavy atom. The highest BCUT2D eigenvalue weighted by atomic mass is 15.1. The van der Waals surface area contributed by atoms with Gasteiger partial charge in [-0.1, -0.05) is 321 Å². The summed E-state index contributed by atoms with van der Waals surface area (Å²) in [6, 6.07) is 161. The van der Waals surface area contributed by atoms with Crippen molar-refractivity contribution in [1.82, 2.24) is 27.4 Å². The fourth-order valence-electron chi connectivity index (χ4n) is 24.8. The zero-order valence-electron chi connectivity index (χ0n) is 74.5. The van der Waals surface area contributed by atoms with E-state index in [2.05, 4.69) is 494 Å². The Kier molecular flexibility index (Phi) is 16.3. The Morgan fingerprint density at radius 1 is 0.174 bits per heavy atom. The highest BCUT2D eigenvalue weighted by Crippen LogP contribution is 2.59. The highest BCUT2D eigenvalue weighted by molar-refractivity contribution is 6.18. The number of benzene rings is 19. The van der Waals surface area contributed by atoms with Gasteiger partial charge in [-0.3, -0.25) is 0 Å². The first-order chi connectivity index (χ1) is 64.7. The van der Waals surface area contributed by atoms with Crippen LogP contribution in [0.4, 0.5) is 0 Å². The van der Waals surface area contributed by atoms with Gasteiger partial charge in [0.2, 0.25) is 0 Å². The lowest BCUT2D eigenvalue weighted by Gasteiger charge is -2.29. The molecule has 2 unspecified atom stereocenters. The Balaban J connectivity index is 0.574. The largest absolute Gasteiger partial charge is 0.309 e. The first-order valence-corrected chi connectivity index (χ1v) is 46.6. The van der Waals surface area contributed by atoms with E-state index in [0.29, 0.717) is 0 Å². The summed E-state index contributed by atoms with van der Waals surface area (Å²) in [4.78, 5) is 0. The van der Waals surface area contributed by atoms with Gasteiger partial charge in [-0.15, -0.1) is 0 Å². The third kappa shape index (κ3) is 11.0. The van der Waals surface area contributed by atoms with Gasteiger partial charge in [0.1, 0.15) is 0 Å². The van der Waals surface area contributed by atoms with Crippen molar-refractivity contribution in [2.75, 3.05) is 0 Å². The van der Waals surface area contributed by atoms with Gasteiger partial charge < -0.3 is 27.4 Å². The molecule has 25 aromatic rings. The molecule has 19 aromatic carbocycles. The summed E-state index contributed by atoms with van der Waals surface area (Å²) in [5, 5.41) is 14.8. The van der Waals surface area contributed by atoms with Crippen molar-refractivity contribution in [3.8, 4) is 78.6 Å². The van der Waals surface area contributed by atoms with Crippen LogP contribution in [0.3, 0.4) is 0 Å². The van der Waals surface area contributed by atoms with Gasteiger partial charge >= 0.3 is 0 Å². The van der Waals surface area contributed by atoms with Crippen molar-refractivity contribution < 1.29 is 0 Å².